The molecule has 0 aromatic heterocycles. The van der Waals surface area contributed by atoms with Crippen molar-refractivity contribution in [2.75, 3.05) is 23.3 Å². The molecule has 2 fully saturated rings. The molecule has 0 bridgehead atoms. The van der Waals surface area contributed by atoms with E-state index < -0.39 is 0 Å². The van der Waals surface area contributed by atoms with Crippen molar-refractivity contribution in [3.8, 4) is 0 Å². The molecule has 2 aromatic rings. The van der Waals surface area contributed by atoms with E-state index in [0.717, 1.165) is 28.7 Å². The third kappa shape index (κ3) is 2.73. The first-order valence-corrected chi connectivity index (χ1v) is 11.5. The molecule has 0 unspecified atom stereocenters. The number of benzene rings is 2. The molecule has 2 aliphatic heterocycles. The number of aryl methyl sites for hydroxylation is 1. The van der Waals surface area contributed by atoms with E-state index in [-0.39, 0.29) is 5.91 Å². The van der Waals surface area contributed by atoms with E-state index in [9.17, 15) is 4.79 Å². The van der Waals surface area contributed by atoms with Gasteiger partial charge in [-0.1, -0.05) is 31.0 Å². The Morgan fingerprint density at radius 1 is 0.931 bits per heavy atom. The minimum atomic E-state index is 0.0182. The fraction of sp³-hybridized carbons (Fsp3) is 0.500. The van der Waals surface area contributed by atoms with Crippen LogP contribution in [0, 0.1) is 18.8 Å². The van der Waals surface area contributed by atoms with Crippen LogP contribution < -0.4 is 10.2 Å². The second-order valence-corrected chi connectivity index (χ2v) is 9.77. The summed E-state index contributed by atoms with van der Waals surface area (Å²) in [7, 11) is 0. The summed E-state index contributed by atoms with van der Waals surface area (Å²) in [5.74, 6) is 3.00. The maximum Gasteiger partial charge on any atom is 0.255 e. The number of hydrogen-bond acceptors (Lipinski definition) is 2. The SMILES string of the molecule is Cc1ccccc1C(=O)Nc1cc2c3c(c1)[C@H]1CCC[C@@H]1CN3C[C@H]1CCC[C@H]21. The summed E-state index contributed by atoms with van der Waals surface area (Å²) in [6, 6.07) is 12.5. The molecule has 6 rings (SSSR count). The highest BCUT2D eigenvalue weighted by molar-refractivity contribution is 6.05. The van der Waals surface area contributed by atoms with E-state index in [1.54, 1.807) is 5.69 Å². The van der Waals surface area contributed by atoms with Crippen LogP contribution in [0.5, 0.6) is 0 Å². The highest BCUT2D eigenvalue weighted by atomic mass is 16.1. The molecule has 1 N–H and O–H groups in total. The van der Waals surface area contributed by atoms with Crippen molar-refractivity contribution >= 4 is 17.3 Å². The molecule has 2 heterocycles. The predicted octanol–water partition coefficient (Wildman–Crippen LogP) is 5.85. The Kier molecular flexibility index (Phi) is 4.01. The van der Waals surface area contributed by atoms with Gasteiger partial charge in [-0.3, -0.25) is 4.79 Å². The Balaban J connectivity index is 1.43. The lowest BCUT2D eigenvalue weighted by Gasteiger charge is -2.46. The Labute approximate surface area is 173 Å². The van der Waals surface area contributed by atoms with E-state index in [4.69, 9.17) is 0 Å². The first kappa shape index (κ1) is 17.6. The molecular weight excluding hydrogens is 356 g/mol. The number of amides is 1. The second kappa shape index (κ2) is 6.62. The lowest BCUT2D eigenvalue weighted by molar-refractivity contribution is 0.102. The quantitative estimate of drug-likeness (QED) is 0.702. The van der Waals surface area contributed by atoms with Gasteiger partial charge in [0.2, 0.25) is 0 Å². The van der Waals surface area contributed by atoms with Gasteiger partial charge in [-0.25, -0.2) is 0 Å². The molecular formula is C26H30N2O. The summed E-state index contributed by atoms with van der Waals surface area (Å²) in [4.78, 5) is 15.7. The van der Waals surface area contributed by atoms with Crippen LogP contribution in [-0.4, -0.2) is 19.0 Å². The van der Waals surface area contributed by atoms with Gasteiger partial charge in [0, 0.05) is 30.0 Å². The molecule has 2 aliphatic carbocycles. The van der Waals surface area contributed by atoms with E-state index in [1.807, 2.05) is 31.2 Å². The van der Waals surface area contributed by atoms with Gasteiger partial charge >= 0.3 is 0 Å². The number of rotatable bonds is 2. The highest BCUT2D eigenvalue weighted by Crippen LogP contribution is 2.56. The molecule has 4 aliphatic rings. The van der Waals surface area contributed by atoms with Gasteiger partial charge in [0.1, 0.15) is 0 Å². The van der Waals surface area contributed by atoms with E-state index in [1.165, 1.54) is 62.7 Å². The van der Waals surface area contributed by atoms with Crippen LogP contribution in [0.3, 0.4) is 0 Å². The van der Waals surface area contributed by atoms with Crippen LogP contribution in [0.2, 0.25) is 0 Å². The third-order valence-electron chi connectivity index (χ3n) is 8.16. The number of nitrogens with one attached hydrogen (secondary N) is 1. The molecule has 29 heavy (non-hydrogen) atoms. The maximum absolute atomic E-state index is 13.0. The van der Waals surface area contributed by atoms with Gasteiger partial charge in [0.25, 0.3) is 5.91 Å². The number of carbonyl (C=O) groups excluding carboxylic acids is 1. The monoisotopic (exact) mass is 386 g/mol. The molecule has 0 saturated heterocycles. The first-order chi connectivity index (χ1) is 14.2. The molecule has 1 amide bonds. The lowest BCUT2D eigenvalue weighted by atomic mass is 9.75. The topological polar surface area (TPSA) is 32.3 Å². The van der Waals surface area contributed by atoms with Crippen LogP contribution in [0.1, 0.15) is 77.4 Å². The molecule has 3 heteroatoms. The van der Waals surface area contributed by atoms with Gasteiger partial charge in [0.15, 0.2) is 0 Å². The van der Waals surface area contributed by atoms with Crippen molar-refractivity contribution in [2.45, 2.75) is 57.3 Å². The molecule has 0 radical (unpaired) electrons. The zero-order chi connectivity index (χ0) is 19.5. The molecule has 0 spiro atoms. The summed E-state index contributed by atoms with van der Waals surface area (Å²) in [5.41, 5.74) is 7.42. The first-order valence-electron chi connectivity index (χ1n) is 11.5. The highest BCUT2D eigenvalue weighted by Gasteiger charge is 2.44. The molecule has 4 atom stereocenters. The number of hydrogen-bond donors (Lipinski definition) is 1. The Morgan fingerprint density at radius 3 is 2.17 bits per heavy atom. The number of fused-ring (bicyclic) bond motifs is 4. The van der Waals surface area contributed by atoms with Crippen molar-refractivity contribution in [2.24, 2.45) is 11.8 Å². The Bertz CT molecular complexity index is 935. The summed E-state index contributed by atoms with van der Waals surface area (Å²) >= 11 is 0. The smallest absolute Gasteiger partial charge is 0.255 e. The van der Waals surface area contributed by atoms with Gasteiger partial charge < -0.3 is 10.2 Å². The maximum atomic E-state index is 13.0. The van der Waals surface area contributed by atoms with E-state index in [0.29, 0.717) is 11.8 Å². The number of anilines is 2. The van der Waals surface area contributed by atoms with Crippen molar-refractivity contribution in [3.63, 3.8) is 0 Å². The molecule has 3 nitrogen and oxygen atoms in total. The zero-order valence-electron chi connectivity index (χ0n) is 17.3. The number of nitrogens with zero attached hydrogens (tertiary/aromatic N) is 1. The fourth-order valence-electron chi connectivity index (χ4n) is 6.86. The van der Waals surface area contributed by atoms with Crippen LogP contribution >= 0.6 is 0 Å². The van der Waals surface area contributed by atoms with Crippen LogP contribution in [0.4, 0.5) is 11.4 Å². The van der Waals surface area contributed by atoms with Crippen molar-refractivity contribution in [1.82, 2.24) is 0 Å². The average Bonchev–Trinajstić information content (AvgIpc) is 3.37. The Morgan fingerprint density at radius 2 is 1.55 bits per heavy atom. The van der Waals surface area contributed by atoms with Crippen molar-refractivity contribution < 1.29 is 4.79 Å². The van der Waals surface area contributed by atoms with E-state index >= 15 is 0 Å². The zero-order valence-corrected chi connectivity index (χ0v) is 17.3. The van der Waals surface area contributed by atoms with Crippen LogP contribution in [0.15, 0.2) is 36.4 Å². The Hall–Kier alpha value is -2.29. The number of carbonyl (C=O) groups is 1. The fourth-order valence-corrected chi connectivity index (χ4v) is 6.86. The van der Waals surface area contributed by atoms with Gasteiger partial charge in [-0.05, 0) is 91.2 Å². The summed E-state index contributed by atoms with van der Waals surface area (Å²) < 4.78 is 0. The summed E-state index contributed by atoms with van der Waals surface area (Å²) in [6.45, 7) is 4.52. The third-order valence-corrected chi connectivity index (χ3v) is 8.16. The molecule has 2 saturated carbocycles. The molecule has 2 aromatic carbocycles. The van der Waals surface area contributed by atoms with Crippen LogP contribution in [-0.2, 0) is 0 Å². The normalized spacial score (nSPS) is 29.2. The van der Waals surface area contributed by atoms with Gasteiger partial charge in [-0.15, -0.1) is 0 Å². The predicted molar refractivity (Wildman–Crippen MR) is 118 cm³/mol. The minimum Gasteiger partial charge on any atom is -0.370 e. The van der Waals surface area contributed by atoms with E-state index in [2.05, 4.69) is 22.3 Å². The van der Waals surface area contributed by atoms with Gasteiger partial charge in [0.05, 0.1) is 0 Å². The van der Waals surface area contributed by atoms with Crippen LogP contribution in [0.25, 0.3) is 0 Å². The summed E-state index contributed by atoms with van der Waals surface area (Å²) in [5, 5.41) is 3.27. The largest absolute Gasteiger partial charge is 0.370 e. The summed E-state index contributed by atoms with van der Waals surface area (Å²) in [6.07, 6.45) is 8.06. The molecule has 150 valence electrons. The second-order valence-electron chi connectivity index (χ2n) is 9.77. The van der Waals surface area contributed by atoms with Crippen molar-refractivity contribution in [1.29, 1.82) is 0 Å². The average molecular weight is 387 g/mol. The van der Waals surface area contributed by atoms with Crippen molar-refractivity contribution in [3.05, 3.63) is 58.7 Å². The minimum absolute atomic E-state index is 0.0182. The lowest BCUT2D eigenvalue weighted by Crippen LogP contribution is -2.43. The van der Waals surface area contributed by atoms with Gasteiger partial charge in [-0.2, -0.15) is 0 Å². The standard InChI is InChI=1S/C26H30N2O/c1-16-6-2-3-9-20(16)26(29)27-19-12-23-21-10-4-7-17(21)14-28-15-18-8-5-11-22(18)24(13-19)25(23)28/h2-3,6,9,12-13,17-18,21-22H,4-5,7-8,10-11,14-15H2,1H3,(H,27,29)/t17-,18-,21+,22+/m1/s1.